The van der Waals surface area contributed by atoms with Crippen LogP contribution in [-0.2, 0) is 30.2 Å². The zero-order valence-corrected chi connectivity index (χ0v) is 23.7. The number of aromatic nitrogens is 1. The minimum atomic E-state index is -1.11. The number of methoxy groups -OCH3 is 1. The molecule has 2 heterocycles. The van der Waals surface area contributed by atoms with Crippen LogP contribution in [0.25, 0.3) is 0 Å². The van der Waals surface area contributed by atoms with E-state index >= 15 is 0 Å². The lowest BCUT2D eigenvalue weighted by Gasteiger charge is -2.31. The van der Waals surface area contributed by atoms with Gasteiger partial charge in [0.05, 0.1) is 26.4 Å². The van der Waals surface area contributed by atoms with E-state index in [9.17, 15) is 14.4 Å². The lowest BCUT2D eigenvalue weighted by molar-refractivity contribution is -0.160. The van der Waals surface area contributed by atoms with Gasteiger partial charge in [-0.05, 0) is 31.7 Å². The summed E-state index contributed by atoms with van der Waals surface area (Å²) < 4.78 is 28.5. The van der Waals surface area contributed by atoms with Crippen LogP contribution in [0.5, 0.6) is 11.5 Å². The van der Waals surface area contributed by atoms with Gasteiger partial charge in [0.25, 0.3) is 5.91 Å². The summed E-state index contributed by atoms with van der Waals surface area (Å²) in [5, 5.41) is 2.62. The minimum Gasteiger partial charge on any atom is -0.493 e. The molecule has 218 valence electrons. The van der Waals surface area contributed by atoms with Crippen LogP contribution in [0.1, 0.15) is 62.5 Å². The second-order valence-corrected chi connectivity index (χ2v) is 9.82. The number of amides is 1. The van der Waals surface area contributed by atoms with E-state index in [0.29, 0.717) is 13.2 Å². The van der Waals surface area contributed by atoms with Crippen molar-refractivity contribution in [2.24, 2.45) is 5.92 Å². The molecule has 10 heteroatoms. The third kappa shape index (κ3) is 9.02. The van der Waals surface area contributed by atoms with Gasteiger partial charge in [0.1, 0.15) is 6.10 Å². The van der Waals surface area contributed by atoms with Gasteiger partial charge in [-0.15, -0.1) is 0 Å². The Morgan fingerprint density at radius 3 is 2.60 bits per heavy atom. The van der Waals surface area contributed by atoms with E-state index in [1.165, 1.54) is 31.9 Å². The van der Waals surface area contributed by atoms with Crippen molar-refractivity contribution in [2.45, 2.75) is 71.1 Å². The van der Waals surface area contributed by atoms with Crippen molar-refractivity contribution in [3.63, 3.8) is 0 Å². The Morgan fingerprint density at radius 1 is 1.12 bits per heavy atom. The van der Waals surface area contributed by atoms with Crippen molar-refractivity contribution in [3.8, 4) is 11.5 Å². The summed E-state index contributed by atoms with van der Waals surface area (Å²) in [4.78, 5) is 42.0. The Morgan fingerprint density at radius 2 is 1.90 bits per heavy atom. The number of unbranched alkanes of at least 4 members (excludes halogenated alkanes) is 2. The van der Waals surface area contributed by atoms with Gasteiger partial charge in [0, 0.05) is 31.7 Å². The van der Waals surface area contributed by atoms with E-state index in [-0.39, 0.29) is 35.8 Å². The van der Waals surface area contributed by atoms with Crippen molar-refractivity contribution in [1.29, 1.82) is 0 Å². The Labute approximate surface area is 235 Å². The number of rotatable bonds is 12. The molecule has 1 fully saturated rings. The molecule has 0 saturated carbocycles. The van der Waals surface area contributed by atoms with Crippen molar-refractivity contribution < 1.29 is 38.1 Å². The predicted molar refractivity (Wildman–Crippen MR) is 147 cm³/mol. The molecular weight excluding hydrogens is 516 g/mol. The molecule has 0 spiro atoms. The number of nitrogens with zero attached hydrogens (tertiary/aromatic N) is 1. The summed E-state index contributed by atoms with van der Waals surface area (Å²) in [5.74, 6) is -2.05. The average Bonchev–Trinajstić information content (AvgIpc) is 2.99. The molecule has 40 heavy (non-hydrogen) atoms. The molecule has 1 amide bonds. The van der Waals surface area contributed by atoms with Gasteiger partial charge in [-0.25, -0.2) is 9.78 Å². The first-order valence-electron chi connectivity index (χ1n) is 13.8. The third-order valence-electron chi connectivity index (χ3n) is 6.69. The van der Waals surface area contributed by atoms with E-state index in [0.717, 1.165) is 32.1 Å². The first kappa shape index (κ1) is 31.0. The van der Waals surface area contributed by atoms with Gasteiger partial charge in [0.2, 0.25) is 5.75 Å². The van der Waals surface area contributed by atoms with E-state index in [4.69, 9.17) is 23.7 Å². The van der Waals surface area contributed by atoms with Gasteiger partial charge in [0.15, 0.2) is 17.5 Å². The van der Waals surface area contributed by atoms with Crippen LogP contribution >= 0.6 is 0 Å². The fraction of sp³-hybridized carbons (Fsp3) is 0.533. The number of carbonyl (C=O) groups excluding carboxylic acids is 3. The quantitative estimate of drug-likeness (QED) is 0.306. The van der Waals surface area contributed by atoms with Crippen LogP contribution in [0.3, 0.4) is 0 Å². The lowest BCUT2D eigenvalue weighted by atomic mass is 9.92. The molecule has 1 aromatic heterocycles. The molecule has 1 N–H and O–H groups in total. The number of pyridine rings is 1. The number of cyclic esters (lactones) is 1. The lowest BCUT2D eigenvalue weighted by Crippen LogP contribution is -2.46. The SMILES string of the molecule is CCCCCOC1C(CCc2ccccc2)COCC(NC(=O)c2nccc(OC)c2OC(C)=O)C(=O)OC1C. The number of nitrogens with one attached hydrogen (secondary N) is 1. The zero-order valence-electron chi connectivity index (χ0n) is 23.7. The normalized spacial score (nSPS) is 21.4. The van der Waals surface area contributed by atoms with Gasteiger partial charge < -0.3 is 29.0 Å². The minimum absolute atomic E-state index is 0.0327. The van der Waals surface area contributed by atoms with Crippen LogP contribution in [0, 0.1) is 5.92 Å². The smallest absolute Gasteiger partial charge is 0.331 e. The molecule has 1 saturated heterocycles. The van der Waals surface area contributed by atoms with E-state index in [2.05, 4.69) is 29.4 Å². The maximum Gasteiger partial charge on any atom is 0.331 e. The van der Waals surface area contributed by atoms with Crippen LogP contribution in [-0.4, -0.2) is 68.0 Å². The predicted octanol–water partition coefficient (Wildman–Crippen LogP) is 3.90. The van der Waals surface area contributed by atoms with Crippen LogP contribution in [0.4, 0.5) is 0 Å². The Kier molecular flexibility index (Phi) is 12.4. The largest absolute Gasteiger partial charge is 0.493 e. The van der Waals surface area contributed by atoms with Gasteiger partial charge >= 0.3 is 11.9 Å². The standard InChI is InChI=1S/C30H40N2O8/c1-5-6-10-17-38-27-20(2)39-30(35)24(19-37-18-23(27)14-13-22-11-8-7-9-12-22)32-29(34)26-28(40-21(3)33)25(36-4)15-16-31-26/h7-9,11-12,15-16,20,23-24,27H,5-6,10,13-14,17-19H2,1-4H3,(H,32,34). The molecule has 4 unspecified atom stereocenters. The number of hydrogen-bond acceptors (Lipinski definition) is 9. The number of esters is 2. The maximum atomic E-state index is 13.2. The number of aryl methyl sites for hydroxylation is 1. The monoisotopic (exact) mass is 556 g/mol. The highest BCUT2D eigenvalue weighted by Crippen LogP contribution is 2.30. The summed E-state index contributed by atoms with van der Waals surface area (Å²) in [5.41, 5.74) is 1.00. The Balaban J connectivity index is 1.76. The molecule has 2 aromatic rings. The van der Waals surface area contributed by atoms with Crippen LogP contribution in [0.15, 0.2) is 42.6 Å². The highest BCUT2D eigenvalue weighted by atomic mass is 16.6. The van der Waals surface area contributed by atoms with Gasteiger partial charge in [-0.1, -0.05) is 50.1 Å². The summed E-state index contributed by atoms with van der Waals surface area (Å²) in [6.45, 7) is 5.93. The number of carbonyl (C=O) groups is 3. The highest BCUT2D eigenvalue weighted by Gasteiger charge is 2.36. The molecule has 0 radical (unpaired) electrons. The second-order valence-electron chi connectivity index (χ2n) is 9.82. The van der Waals surface area contributed by atoms with Crippen LogP contribution in [0.2, 0.25) is 0 Å². The molecule has 1 aliphatic heterocycles. The van der Waals surface area contributed by atoms with Gasteiger partial charge in [-0.3, -0.25) is 9.59 Å². The maximum absolute atomic E-state index is 13.2. The van der Waals surface area contributed by atoms with Crippen molar-refractivity contribution in [3.05, 3.63) is 53.9 Å². The first-order valence-corrected chi connectivity index (χ1v) is 13.8. The summed E-state index contributed by atoms with van der Waals surface area (Å²) in [7, 11) is 1.38. The van der Waals surface area contributed by atoms with E-state index in [1.54, 1.807) is 0 Å². The van der Waals surface area contributed by atoms with E-state index in [1.807, 2.05) is 25.1 Å². The second kappa shape index (κ2) is 15.9. The highest BCUT2D eigenvalue weighted by molar-refractivity contribution is 5.98. The molecule has 10 nitrogen and oxygen atoms in total. The molecule has 1 aromatic carbocycles. The van der Waals surface area contributed by atoms with Gasteiger partial charge in [-0.2, -0.15) is 0 Å². The van der Waals surface area contributed by atoms with Crippen molar-refractivity contribution in [1.82, 2.24) is 10.3 Å². The molecule has 4 atom stereocenters. The summed E-state index contributed by atoms with van der Waals surface area (Å²) in [6.07, 6.45) is 5.05. The summed E-state index contributed by atoms with van der Waals surface area (Å²) >= 11 is 0. The summed E-state index contributed by atoms with van der Waals surface area (Å²) in [6, 6.07) is 10.5. The fourth-order valence-electron chi connectivity index (χ4n) is 4.63. The topological polar surface area (TPSA) is 122 Å². The van der Waals surface area contributed by atoms with E-state index < -0.39 is 30.0 Å². The number of benzene rings is 1. The molecule has 0 bridgehead atoms. The third-order valence-corrected chi connectivity index (χ3v) is 6.69. The van der Waals surface area contributed by atoms with Crippen molar-refractivity contribution in [2.75, 3.05) is 26.9 Å². The number of hydrogen-bond donors (Lipinski definition) is 1. The fourth-order valence-corrected chi connectivity index (χ4v) is 4.63. The Bertz CT molecular complexity index is 1110. The number of ether oxygens (including phenoxy) is 5. The Hall–Kier alpha value is -3.50. The van der Waals surface area contributed by atoms with Crippen molar-refractivity contribution >= 4 is 17.8 Å². The molecule has 0 aliphatic carbocycles. The first-order chi connectivity index (χ1) is 19.3. The molecule has 1 aliphatic rings. The average molecular weight is 557 g/mol. The molecular formula is C30H40N2O8. The van der Waals surface area contributed by atoms with Crippen LogP contribution < -0.4 is 14.8 Å². The zero-order chi connectivity index (χ0) is 28.9. The molecule has 3 rings (SSSR count).